The van der Waals surface area contributed by atoms with Gasteiger partial charge >= 0.3 is 6.18 Å². The lowest BCUT2D eigenvalue weighted by Crippen LogP contribution is -2.04. The molecule has 0 radical (unpaired) electrons. The molecule has 118 valence electrons. The molecule has 0 saturated heterocycles. The summed E-state index contributed by atoms with van der Waals surface area (Å²) in [7, 11) is 0. The molecule has 0 fully saturated rings. The molecule has 0 spiro atoms. The second kappa shape index (κ2) is 6.09. The molecule has 0 N–H and O–H groups in total. The molecule has 0 bridgehead atoms. The van der Waals surface area contributed by atoms with Crippen molar-refractivity contribution in [3.8, 4) is 21.7 Å². The first-order chi connectivity index (χ1) is 10.8. The normalized spacial score (nSPS) is 11.7. The van der Waals surface area contributed by atoms with Gasteiger partial charge in [-0.05, 0) is 70.4 Å². The lowest BCUT2D eigenvalue weighted by atomic mass is 10.0. The number of halogens is 4. The zero-order valence-corrected chi connectivity index (χ0v) is 14.4. The van der Waals surface area contributed by atoms with Crippen molar-refractivity contribution in [1.29, 1.82) is 0 Å². The molecular weight excluding hydrogens is 387 g/mol. The fourth-order valence-electron chi connectivity index (χ4n) is 2.27. The average molecular weight is 398 g/mol. The molecule has 0 aliphatic rings. The molecule has 1 aromatic carbocycles. The van der Waals surface area contributed by atoms with Gasteiger partial charge in [-0.2, -0.15) is 13.2 Å². The van der Waals surface area contributed by atoms with Crippen LogP contribution in [0.25, 0.3) is 21.7 Å². The van der Waals surface area contributed by atoms with Crippen molar-refractivity contribution in [3.63, 3.8) is 0 Å². The van der Waals surface area contributed by atoms with Gasteiger partial charge in [-0.15, -0.1) is 11.3 Å². The van der Waals surface area contributed by atoms with E-state index in [1.165, 1.54) is 12.1 Å². The Balaban J connectivity index is 2.01. The Hall–Kier alpha value is -1.66. The van der Waals surface area contributed by atoms with Crippen LogP contribution in [-0.4, -0.2) is 4.98 Å². The highest BCUT2D eigenvalue weighted by molar-refractivity contribution is 9.11. The van der Waals surface area contributed by atoms with Crippen molar-refractivity contribution in [2.75, 3.05) is 0 Å². The van der Waals surface area contributed by atoms with Crippen LogP contribution >= 0.6 is 27.3 Å². The molecule has 2 heterocycles. The number of hydrogen-bond donors (Lipinski definition) is 0. The highest BCUT2D eigenvalue weighted by atomic mass is 79.9. The zero-order valence-electron chi connectivity index (χ0n) is 12.0. The molecule has 2 aromatic heterocycles. The van der Waals surface area contributed by atoms with Gasteiger partial charge in [-0.3, -0.25) is 4.98 Å². The van der Waals surface area contributed by atoms with Crippen LogP contribution in [0, 0.1) is 6.92 Å². The van der Waals surface area contributed by atoms with E-state index in [1.54, 1.807) is 11.3 Å². The second-order valence-corrected chi connectivity index (χ2v) is 7.52. The van der Waals surface area contributed by atoms with E-state index in [2.05, 4.69) is 20.9 Å². The maximum Gasteiger partial charge on any atom is 0.416 e. The molecule has 0 unspecified atom stereocenters. The van der Waals surface area contributed by atoms with Crippen LogP contribution in [0.1, 0.15) is 11.3 Å². The Bertz CT molecular complexity index is 838. The Labute approximate surface area is 143 Å². The number of rotatable bonds is 2. The fraction of sp³-hybridized carbons (Fsp3) is 0.118. The first-order valence-electron chi connectivity index (χ1n) is 6.75. The maximum atomic E-state index is 12.7. The molecule has 23 heavy (non-hydrogen) atoms. The smallest absolute Gasteiger partial charge is 0.252 e. The average Bonchev–Trinajstić information content (AvgIpc) is 2.92. The predicted octanol–water partition coefficient (Wildman–Crippen LogP) is 6.57. The van der Waals surface area contributed by atoms with Gasteiger partial charge in [0.15, 0.2) is 0 Å². The quantitative estimate of drug-likeness (QED) is 0.476. The van der Waals surface area contributed by atoms with Crippen molar-refractivity contribution in [2.24, 2.45) is 0 Å². The summed E-state index contributed by atoms with van der Waals surface area (Å²) in [4.78, 5) is 5.52. The SMILES string of the molecule is Cc1cc(-c2ccc(C(F)(F)F)cc2)cc(-c2ccc(Br)s2)n1. The number of benzene rings is 1. The number of pyridine rings is 1. The summed E-state index contributed by atoms with van der Waals surface area (Å²) in [6.45, 7) is 1.87. The Kier molecular flexibility index (Phi) is 4.29. The van der Waals surface area contributed by atoms with Crippen LogP contribution in [0.4, 0.5) is 13.2 Å². The summed E-state index contributed by atoms with van der Waals surface area (Å²) in [5.74, 6) is 0. The van der Waals surface area contributed by atoms with E-state index in [1.807, 2.05) is 31.2 Å². The molecular formula is C17H11BrF3NS. The molecule has 3 aromatic rings. The van der Waals surface area contributed by atoms with Gasteiger partial charge in [0.05, 0.1) is 19.9 Å². The molecule has 0 amide bonds. The Morgan fingerprint density at radius 2 is 1.65 bits per heavy atom. The summed E-state index contributed by atoms with van der Waals surface area (Å²) in [6, 6.07) is 12.9. The van der Waals surface area contributed by atoms with Crippen molar-refractivity contribution in [2.45, 2.75) is 13.1 Å². The van der Waals surface area contributed by atoms with Crippen molar-refractivity contribution in [1.82, 2.24) is 4.98 Å². The first kappa shape index (κ1) is 16.2. The minimum Gasteiger partial charge on any atom is -0.252 e. The molecule has 0 atom stereocenters. The largest absolute Gasteiger partial charge is 0.416 e. The third-order valence-electron chi connectivity index (χ3n) is 3.32. The van der Waals surface area contributed by atoms with E-state index in [0.717, 1.165) is 43.3 Å². The van der Waals surface area contributed by atoms with Crippen LogP contribution in [-0.2, 0) is 6.18 Å². The standard InChI is InChI=1S/C17H11BrF3NS/c1-10-8-12(9-14(22-10)15-6-7-16(18)23-15)11-2-4-13(5-3-11)17(19,20)21/h2-9H,1H3. The molecule has 6 heteroatoms. The van der Waals surface area contributed by atoms with Gasteiger partial charge in [-0.25, -0.2) is 0 Å². The monoisotopic (exact) mass is 397 g/mol. The van der Waals surface area contributed by atoms with E-state index in [-0.39, 0.29) is 0 Å². The highest BCUT2D eigenvalue weighted by Gasteiger charge is 2.29. The number of hydrogen-bond acceptors (Lipinski definition) is 2. The number of alkyl halides is 3. The summed E-state index contributed by atoms with van der Waals surface area (Å²) in [5, 5.41) is 0. The minimum absolute atomic E-state index is 0.644. The summed E-state index contributed by atoms with van der Waals surface area (Å²) in [5.41, 5.74) is 2.58. The number of aromatic nitrogens is 1. The summed E-state index contributed by atoms with van der Waals surface area (Å²) >= 11 is 4.99. The zero-order chi connectivity index (χ0) is 16.6. The van der Waals surface area contributed by atoms with Crippen LogP contribution in [0.15, 0.2) is 52.3 Å². The summed E-state index contributed by atoms with van der Waals surface area (Å²) in [6.07, 6.45) is -4.32. The lowest BCUT2D eigenvalue weighted by molar-refractivity contribution is -0.137. The van der Waals surface area contributed by atoms with Crippen LogP contribution in [0.3, 0.4) is 0 Å². The second-order valence-electron chi connectivity index (χ2n) is 5.06. The van der Waals surface area contributed by atoms with Gasteiger partial charge in [0, 0.05) is 5.69 Å². The van der Waals surface area contributed by atoms with Gasteiger partial charge in [0.2, 0.25) is 0 Å². The predicted molar refractivity (Wildman–Crippen MR) is 90.4 cm³/mol. The molecule has 3 rings (SSSR count). The maximum absolute atomic E-state index is 12.7. The van der Waals surface area contributed by atoms with Crippen molar-refractivity contribution in [3.05, 3.63) is 63.6 Å². The van der Waals surface area contributed by atoms with E-state index in [9.17, 15) is 13.2 Å². The number of thiophene rings is 1. The van der Waals surface area contributed by atoms with Crippen molar-refractivity contribution < 1.29 is 13.2 Å². The summed E-state index contributed by atoms with van der Waals surface area (Å²) < 4.78 is 39.0. The Morgan fingerprint density at radius 1 is 0.957 bits per heavy atom. The number of aryl methyl sites for hydroxylation is 1. The fourth-order valence-corrected chi connectivity index (χ4v) is 3.61. The van der Waals surface area contributed by atoms with Crippen LogP contribution < -0.4 is 0 Å². The van der Waals surface area contributed by atoms with Gasteiger partial charge < -0.3 is 0 Å². The third-order valence-corrected chi connectivity index (χ3v) is 4.97. The van der Waals surface area contributed by atoms with Gasteiger partial charge in [0.25, 0.3) is 0 Å². The minimum atomic E-state index is -4.32. The molecule has 1 nitrogen and oxygen atoms in total. The van der Waals surface area contributed by atoms with Crippen LogP contribution in [0.2, 0.25) is 0 Å². The molecule has 0 aliphatic heterocycles. The third kappa shape index (κ3) is 3.64. The van der Waals surface area contributed by atoms with E-state index < -0.39 is 11.7 Å². The van der Waals surface area contributed by atoms with E-state index >= 15 is 0 Å². The van der Waals surface area contributed by atoms with E-state index in [4.69, 9.17) is 0 Å². The van der Waals surface area contributed by atoms with Crippen LogP contribution in [0.5, 0.6) is 0 Å². The first-order valence-corrected chi connectivity index (χ1v) is 8.36. The van der Waals surface area contributed by atoms with E-state index in [0.29, 0.717) is 0 Å². The topological polar surface area (TPSA) is 12.9 Å². The number of nitrogens with zero attached hydrogens (tertiary/aromatic N) is 1. The van der Waals surface area contributed by atoms with Crippen molar-refractivity contribution >= 4 is 27.3 Å². The molecule has 0 saturated carbocycles. The molecule has 0 aliphatic carbocycles. The highest BCUT2D eigenvalue weighted by Crippen LogP contribution is 2.34. The van der Waals surface area contributed by atoms with Gasteiger partial charge in [0.1, 0.15) is 0 Å². The van der Waals surface area contributed by atoms with Gasteiger partial charge in [-0.1, -0.05) is 12.1 Å². The lowest BCUT2D eigenvalue weighted by Gasteiger charge is -2.09. The Morgan fingerprint density at radius 3 is 2.22 bits per heavy atom.